The van der Waals surface area contributed by atoms with Gasteiger partial charge in [-0.3, -0.25) is 0 Å². The monoisotopic (exact) mass is 371 g/mol. The Labute approximate surface area is 135 Å². The minimum absolute atomic E-state index is 0.297. The molecule has 1 heterocycles. The van der Waals surface area contributed by atoms with Crippen LogP contribution in [0.3, 0.4) is 0 Å². The van der Waals surface area contributed by atoms with Gasteiger partial charge in [0.25, 0.3) is 0 Å². The minimum atomic E-state index is -0.651. The molecule has 1 unspecified atom stereocenters. The number of benzene rings is 1. The molecule has 0 aliphatic rings. The molecule has 1 atom stereocenters. The second-order valence-electron chi connectivity index (χ2n) is 4.49. The molecule has 1 N–H and O–H groups in total. The summed E-state index contributed by atoms with van der Waals surface area (Å²) in [6.45, 7) is 3.85. The van der Waals surface area contributed by atoms with Crippen molar-refractivity contribution < 1.29 is 13.9 Å². The van der Waals surface area contributed by atoms with Gasteiger partial charge in [-0.15, -0.1) is 11.3 Å². The standard InChI is InChI=1S/C15H15BrFNO2S/c1-3-20-15(19)14(12-4-5-13(16)21-12)18-11-7-9(2)6-10(17)8-11/h4-8,14,18H,3H2,1-2H3. The molecule has 0 aliphatic heterocycles. The van der Waals surface area contributed by atoms with Crippen molar-refractivity contribution in [2.75, 3.05) is 11.9 Å². The molecular weight excluding hydrogens is 357 g/mol. The van der Waals surface area contributed by atoms with E-state index in [1.165, 1.54) is 23.5 Å². The number of thiophene rings is 1. The predicted octanol–water partition coefficient (Wildman–Crippen LogP) is 4.67. The van der Waals surface area contributed by atoms with Crippen LogP contribution < -0.4 is 5.32 Å². The van der Waals surface area contributed by atoms with E-state index < -0.39 is 6.04 Å². The second-order valence-corrected chi connectivity index (χ2v) is 6.98. The zero-order valence-corrected chi connectivity index (χ0v) is 14.1. The molecule has 2 aromatic rings. The van der Waals surface area contributed by atoms with Crippen molar-refractivity contribution in [3.8, 4) is 0 Å². The Hall–Kier alpha value is -1.40. The molecule has 0 saturated carbocycles. The smallest absolute Gasteiger partial charge is 0.334 e. The van der Waals surface area contributed by atoms with E-state index in [9.17, 15) is 9.18 Å². The van der Waals surface area contributed by atoms with Crippen LogP contribution in [0.2, 0.25) is 0 Å². The Morgan fingerprint density at radius 3 is 2.76 bits per heavy atom. The fraction of sp³-hybridized carbons (Fsp3) is 0.267. The van der Waals surface area contributed by atoms with E-state index in [1.807, 2.05) is 12.1 Å². The van der Waals surface area contributed by atoms with Crippen molar-refractivity contribution in [2.24, 2.45) is 0 Å². The van der Waals surface area contributed by atoms with E-state index in [0.717, 1.165) is 14.2 Å². The third-order valence-corrected chi connectivity index (χ3v) is 4.44. The maximum atomic E-state index is 13.5. The number of hydrogen-bond acceptors (Lipinski definition) is 4. The van der Waals surface area contributed by atoms with E-state index in [1.54, 1.807) is 19.9 Å². The Morgan fingerprint density at radius 2 is 2.19 bits per heavy atom. The van der Waals surface area contributed by atoms with Crippen molar-refractivity contribution in [2.45, 2.75) is 19.9 Å². The molecule has 1 aromatic heterocycles. The number of carbonyl (C=O) groups is 1. The van der Waals surface area contributed by atoms with Gasteiger partial charge in [0, 0.05) is 10.6 Å². The van der Waals surface area contributed by atoms with Crippen LogP contribution in [-0.4, -0.2) is 12.6 Å². The predicted molar refractivity (Wildman–Crippen MR) is 86.2 cm³/mol. The molecule has 112 valence electrons. The molecule has 2 rings (SSSR count). The van der Waals surface area contributed by atoms with E-state index in [-0.39, 0.29) is 11.8 Å². The van der Waals surface area contributed by atoms with Crippen LogP contribution in [0.25, 0.3) is 0 Å². The van der Waals surface area contributed by atoms with Crippen LogP contribution in [0.4, 0.5) is 10.1 Å². The molecule has 1 aromatic carbocycles. The number of hydrogen-bond donors (Lipinski definition) is 1. The summed E-state index contributed by atoms with van der Waals surface area (Å²) < 4.78 is 19.5. The first-order chi connectivity index (χ1) is 9.99. The van der Waals surface area contributed by atoms with Gasteiger partial charge < -0.3 is 10.1 Å². The fourth-order valence-corrected chi connectivity index (χ4v) is 3.40. The highest BCUT2D eigenvalue weighted by atomic mass is 79.9. The molecule has 0 fully saturated rings. The molecule has 3 nitrogen and oxygen atoms in total. The number of halogens is 2. The molecule has 6 heteroatoms. The summed E-state index contributed by atoms with van der Waals surface area (Å²) in [5.74, 6) is -0.721. The van der Waals surface area contributed by atoms with E-state index in [4.69, 9.17) is 4.74 Å². The summed E-state index contributed by atoms with van der Waals surface area (Å²) in [5.41, 5.74) is 1.34. The van der Waals surface area contributed by atoms with E-state index in [2.05, 4.69) is 21.2 Å². The number of nitrogens with one attached hydrogen (secondary N) is 1. The van der Waals surface area contributed by atoms with Crippen LogP contribution in [-0.2, 0) is 9.53 Å². The van der Waals surface area contributed by atoms with Crippen molar-refractivity contribution in [1.82, 2.24) is 0 Å². The zero-order valence-electron chi connectivity index (χ0n) is 11.7. The summed E-state index contributed by atoms with van der Waals surface area (Å²) in [6, 6.07) is 7.65. The largest absolute Gasteiger partial charge is 0.464 e. The van der Waals surface area contributed by atoms with Gasteiger partial charge in [-0.05, 0) is 65.7 Å². The quantitative estimate of drug-likeness (QED) is 0.775. The maximum Gasteiger partial charge on any atom is 0.334 e. The van der Waals surface area contributed by atoms with Crippen molar-refractivity contribution in [1.29, 1.82) is 0 Å². The Kier molecular flexibility index (Phi) is 5.36. The first kappa shape index (κ1) is 16.0. The Balaban J connectivity index is 2.29. The number of esters is 1. The number of ether oxygens (including phenoxy) is 1. The van der Waals surface area contributed by atoms with Gasteiger partial charge in [0.1, 0.15) is 5.82 Å². The van der Waals surface area contributed by atoms with Crippen molar-refractivity contribution in [3.63, 3.8) is 0 Å². The van der Waals surface area contributed by atoms with Crippen molar-refractivity contribution >= 4 is 38.9 Å². The second kappa shape index (κ2) is 7.04. The van der Waals surface area contributed by atoms with Gasteiger partial charge in [0.2, 0.25) is 0 Å². The van der Waals surface area contributed by atoms with Crippen LogP contribution in [0.1, 0.15) is 23.4 Å². The lowest BCUT2D eigenvalue weighted by Crippen LogP contribution is -2.22. The van der Waals surface area contributed by atoms with Gasteiger partial charge in [-0.1, -0.05) is 0 Å². The zero-order chi connectivity index (χ0) is 15.4. The SMILES string of the molecule is CCOC(=O)C(Nc1cc(C)cc(F)c1)c1ccc(Br)s1. The number of anilines is 1. The molecule has 0 saturated heterocycles. The van der Waals surface area contributed by atoms with Crippen LogP contribution in [0.5, 0.6) is 0 Å². The van der Waals surface area contributed by atoms with Crippen LogP contribution in [0.15, 0.2) is 34.1 Å². The summed E-state index contributed by atoms with van der Waals surface area (Å²) in [4.78, 5) is 12.9. The van der Waals surface area contributed by atoms with Gasteiger partial charge in [0.15, 0.2) is 6.04 Å². The third kappa shape index (κ3) is 4.28. The minimum Gasteiger partial charge on any atom is -0.464 e. The first-order valence-electron chi connectivity index (χ1n) is 6.45. The molecule has 0 amide bonds. The summed E-state index contributed by atoms with van der Waals surface area (Å²) >= 11 is 4.81. The van der Waals surface area contributed by atoms with Gasteiger partial charge >= 0.3 is 5.97 Å². The molecular formula is C15H15BrFNO2S. The molecule has 21 heavy (non-hydrogen) atoms. The average Bonchev–Trinajstić information content (AvgIpc) is 2.81. The van der Waals surface area contributed by atoms with Gasteiger partial charge in [0.05, 0.1) is 10.4 Å². The maximum absolute atomic E-state index is 13.5. The average molecular weight is 372 g/mol. The highest BCUT2D eigenvalue weighted by Gasteiger charge is 2.23. The van der Waals surface area contributed by atoms with Crippen LogP contribution in [0, 0.1) is 12.7 Å². The lowest BCUT2D eigenvalue weighted by molar-refractivity contribution is -0.144. The normalized spacial score (nSPS) is 12.0. The van der Waals surface area contributed by atoms with Crippen LogP contribution >= 0.6 is 27.3 Å². The number of aryl methyl sites for hydroxylation is 1. The number of rotatable bonds is 5. The highest BCUT2D eigenvalue weighted by Crippen LogP contribution is 2.30. The Morgan fingerprint density at radius 1 is 1.43 bits per heavy atom. The topological polar surface area (TPSA) is 38.3 Å². The van der Waals surface area contributed by atoms with Gasteiger partial charge in [-0.25, -0.2) is 9.18 Å². The van der Waals surface area contributed by atoms with Gasteiger partial charge in [-0.2, -0.15) is 0 Å². The lowest BCUT2D eigenvalue weighted by atomic mass is 10.2. The first-order valence-corrected chi connectivity index (χ1v) is 8.06. The third-order valence-electron chi connectivity index (χ3n) is 2.75. The van der Waals surface area contributed by atoms with E-state index in [0.29, 0.717) is 12.3 Å². The fourth-order valence-electron chi connectivity index (χ4n) is 1.94. The highest BCUT2D eigenvalue weighted by molar-refractivity contribution is 9.11. The summed E-state index contributed by atoms with van der Waals surface area (Å²) in [5, 5.41) is 3.05. The lowest BCUT2D eigenvalue weighted by Gasteiger charge is -2.17. The number of carbonyl (C=O) groups excluding carboxylic acids is 1. The van der Waals surface area contributed by atoms with E-state index >= 15 is 0 Å². The molecule has 0 bridgehead atoms. The summed E-state index contributed by atoms with van der Waals surface area (Å²) in [7, 11) is 0. The Bertz CT molecular complexity index is 624. The van der Waals surface area contributed by atoms with Crippen molar-refractivity contribution in [3.05, 3.63) is 50.4 Å². The molecule has 0 aliphatic carbocycles. The molecule has 0 radical (unpaired) electrons. The summed E-state index contributed by atoms with van der Waals surface area (Å²) in [6.07, 6.45) is 0. The molecule has 0 spiro atoms.